The number of aromatic nitrogens is 5. The predicted octanol–water partition coefficient (Wildman–Crippen LogP) is 2.18. The van der Waals surface area contributed by atoms with E-state index >= 15 is 0 Å². The van der Waals surface area contributed by atoms with E-state index in [4.69, 9.17) is 9.72 Å². The molecule has 2 aliphatic heterocycles. The van der Waals surface area contributed by atoms with Gasteiger partial charge in [-0.05, 0) is 51.0 Å². The van der Waals surface area contributed by atoms with Crippen LogP contribution in [0.3, 0.4) is 0 Å². The molecule has 0 radical (unpaired) electrons. The maximum absolute atomic E-state index is 13.8. The number of amides is 4. The molecule has 0 saturated heterocycles. The topological polar surface area (TPSA) is 157 Å². The van der Waals surface area contributed by atoms with E-state index in [1.807, 2.05) is 65.3 Å². The van der Waals surface area contributed by atoms with Crippen molar-refractivity contribution < 1.29 is 23.9 Å². The quantitative estimate of drug-likeness (QED) is 0.331. The zero-order valence-electron chi connectivity index (χ0n) is 28.0. The average molecular weight is 688 g/mol. The Morgan fingerprint density at radius 2 is 1.86 bits per heavy atom. The predicted molar refractivity (Wildman–Crippen MR) is 181 cm³/mol. The molecule has 14 nitrogen and oxygen atoms in total. The molecule has 1 unspecified atom stereocenters. The number of rotatable bonds is 4. The molecule has 6 bridgehead atoms. The van der Waals surface area contributed by atoms with Crippen molar-refractivity contribution in [2.45, 2.75) is 59.2 Å². The Balaban J connectivity index is 1.24. The van der Waals surface area contributed by atoms with Gasteiger partial charge in [-0.25, -0.2) is 9.97 Å². The summed E-state index contributed by atoms with van der Waals surface area (Å²) < 4.78 is 9.75. The third-order valence-electron chi connectivity index (χ3n) is 8.66. The van der Waals surface area contributed by atoms with E-state index in [-0.39, 0.29) is 61.9 Å². The highest BCUT2D eigenvalue weighted by molar-refractivity contribution is 7.09. The van der Waals surface area contributed by atoms with E-state index < -0.39 is 6.04 Å². The first kappa shape index (κ1) is 33.8. The molecular formula is C34H41N9O5S. The van der Waals surface area contributed by atoms with Crippen LogP contribution in [0.4, 0.5) is 0 Å². The number of aryl methyl sites for hydroxylation is 4. The Morgan fingerprint density at radius 3 is 2.63 bits per heavy atom. The molecule has 0 saturated carbocycles. The number of benzene rings is 1. The summed E-state index contributed by atoms with van der Waals surface area (Å²) in [5.74, 6) is -0.325. The summed E-state index contributed by atoms with van der Waals surface area (Å²) >= 11 is 1.36. The summed E-state index contributed by atoms with van der Waals surface area (Å²) in [5.41, 5.74) is 4.65. The van der Waals surface area contributed by atoms with Crippen LogP contribution in [0.5, 0.6) is 5.75 Å². The maximum atomic E-state index is 13.8. The lowest BCUT2D eigenvalue weighted by Crippen LogP contribution is -2.45. The second kappa shape index (κ2) is 15.0. The van der Waals surface area contributed by atoms with Gasteiger partial charge in [-0.3, -0.25) is 23.9 Å². The third-order valence-corrected chi connectivity index (χ3v) is 9.44. The summed E-state index contributed by atoms with van der Waals surface area (Å²) in [6.07, 6.45) is 3.00. The van der Waals surface area contributed by atoms with Crippen molar-refractivity contribution >= 4 is 35.0 Å². The van der Waals surface area contributed by atoms with Gasteiger partial charge in [-0.15, -0.1) is 11.3 Å². The molecule has 2 N–H and O–H groups in total. The van der Waals surface area contributed by atoms with Gasteiger partial charge in [0.05, 0.1) is 35.9 Å². The molecule has 0 aliphatic carbocycles. The maximum Gasteiger partial charge on any atom is 0.273 e. The second-order valence-electron chi connectivity index (χ2n) is 12.3. The Labute approximate surface area is 288 Å². The van der Waals surface area contributed by atoms with E-state index in [1.54, 1.807) is 11.7 Å². The Hall–Kier alpha value is -5.05. The molecular weight excluding hydrogens is 646 g/mol. The Bertz CT molecular complexity index is 1850. The van der Waals surface area contributed by atoms with Gasteiger partial charge >= 0.3 is 0 Å². The fourth-order valence-electron chi connectivity index (χ4n) is 6.33. The number of fused-ring (bicyclic) bond motifs is 3. The van der Waals surface area contributed by atoms with Gasteiger partial charge in [0.25, 0.3) is 5.91 Å². The fraction of sp³-hybridized carbons (Fsp3) is 0.441. The van der Waals surface area contributed by atoms with Crippen LogP contribution in [0.15, 0.2) is 42.0 Å². The molecule has 0 spiro atoms. The van der Waals surface area contributed by atoms with Crippen molar-refractivity contribution in [2.75, 3.05) is 39.3 Å². The Kier molecular flexibility index (Phi) is 10.4. The van der Waals surface area contributed by atoms with Gasteiger partial charge in [-0.1, -0.05) is 12.1 Å². The normalized spacial score (nSPS) is 17.6. The molecule has 5 heterocycles. The van der Waals surface area contributed by atoms with Crippen LogP contribution >= 0.6 is 11.3 Å². The molecule has 4 aromatic rings. The van der Waals surface area contributed by atoms with E-state index in [0.717, 1.165) is 33.3 Å². The summed E-state index contributed by atoms with van der Waals surface area (Å²) in [5, 5.41) is 12.7. The highest BCUT2D eigenvalue weighted by Crippen LogP contribution is 2.36. The standard InChI is InChI=1S/C34H41N9O5S/c1-22-16-23(2)43(39-22)13-9-31(46)42-12-8-28-32-33(42)25-6-4-7-26(17-25)48-15-5-10-35-29(44)18-40(34(47)27-20-49-24(3)38-27)14-11-36-30(45)19-41(28)21-37-32/h4,6-7,16-17,20-21,33H,5,8-15,18-19H2,1-3H3,(H,35,44)(H,36,45). The number of carbonyl (C=O) groups is 4. The summed E-state index contributed by atoms with van der Waals surface area (Å²) in [6.45, 7) is 7.49. The number of ether oxygens (including phenoxy) is 1. The molecule has 2 aliphatic rings. The van der Waals surface area contributed by atoms with Crippen LogP contribution in [-0.2, 0) is 33.9 Å². The minimum atomic E-state index is -0.469. The van der Waals surface area contributed by atoms with Crippen LogP contribution in [0.2, 0.25) is 0 Å². The van der Waals surface area contributed by atoms with Gasteiger partial charge in [0.1, 0.15) is 24.0 Å². The van der Waals surface area contributed by atoms with Crippen LogP contribution in [0, 0.1) is 20.8 Å². The van der Waals surface area contributed by atoms with Gasteiger partial charge in [0.2, 0.25) is 17.7 Å². The van der Waals surface area contributed by atoms with Crippen molar-refractivity contribution in [1.29, 1.82) is 0 Å². The molecule has 15 heteroatoms. The number of hydrogen-bond acceptors (Lipinski definition) is 9. The van der Waals surface area contributed by atoms with Crippen LogP contribution in [0.25, 0.3) is 0 Å². The number of thiazole rings is 1. The first-order valence-corrected chi connectivity index (χ1v) is 17.4. The van der Waals surface area contributed by atoms with Crippen molar-refractivity contribution in [3.8, 4) is 5.75 Å². The number of nitrogens with zero attached hydrogens (tertiary/aromatic N) is 7. The van der Waals surface area contributed by atoms with Gasteiger partial charge in [-0.2, -0.15) is 5.10 Å². The van der Waals surface area contributed by atoms with E-state index in [9.17, 15) is 19.2 Å². The molecule has 6 rings (SSSR count). The van der Waals surface area contributed by atoms with Crippen LogP contribution in [0.1, 0.15) is 62.7 Å². The second-order valence-corrected chi connectivity index (χ2v) is 13.4. The van der Waals surface area contributed by atoms with Crippen molar-refractivity contribution in [2.24, 2.45) is 0 Å². The molecule has 1 atom stereocenters. The molecule has 3 aromatic heterocycles. The summed E-state index contributed by atoms with van der Waals surface area (Å²) in [7, 11) is 0. The number of hydrogen-bond donors (Lipinski definition) is 2. The van der Waals surface area contributed by atoms with E-state index in [2.05, 4.69) is 20.7 Å². The third kappa shape index (κ3) is 7.99. The monoisotopic (exact) mass is 687 g/mol. The first-order valence-electron chi connectivity index (χ1n) is 16.5. The minimum absolute atomic E-state index is 0.0149. The molecule has 258 valence electrons. The van der Waals surface area contributed by atoms with Crippen LogP contribution < -0.4 is 15.4 Å². The van der Waals surface area contributed by atoms with Crippen molar-refractivity contribution in [1.82, 2.24) is 44.7 Å². The van der Waals surface area contributed by atoms with Crippen LogP contribution in [-0.4, -0.2) is 97.1 Å². The van der Waals surface area contributed by atoms with E-state index in [0.29, 0.717) is 44.8 Å². The SMILES string of the molecule is Cc1cc(C)n(CCC(=O)N2CCc3c4ncn3CC(=O)NCCN(C(=O)c3csc(C)n3)CC(=O)NCCCOc3cccc(c3)C42)n1. The smallest absolute Gasteiger partial charge is 0.273 e. The van der Waals surface area contributed by atoms with Crippen molar-refractivity contribution in [3.63, 3.8) is 0 Å². The highest BCUT2D eigenvalue weighted by Gasteiger charge is 2.35. The zero-order valence-corrected chi connectivity index (χ0v) is 28.8. The van der Waals surface area contributed by atoms with E-state index in [1.165, 1.54) is 16.2 Å². The lowest BCUT2D eigenvalue weighted by molar-refractivity contribution is -0.133. The molecule has 4 amide bonds. The Morgan fingerprint density at radius 1 is 1.04 bits per heavy atom. The summed E-state index contributed by atoms with van der Waals surface area (Å²) in [6, 6.07) is 9.17. The molecule has 49 heavy (non-hydrogen) atoms. The van der Waals surface area contributed by atoms with Gasteiger partial charge in [0.15, 0.2) is 0 Å². The lowest BCUT2D eigenvalue weighted by Gasteiger charge is -2.36. The number of imidazole rings is 1. The largest absolute Gasteiger partial charge is 0.494 e. The zero-order chi connectivity index (χ0) is 34.5. The number of nitrogens with one attached hydrogen (secondary N) is 2. The lowest BCUT2D eigenvalue weighted by atomic mass is 9.94. The average Bonchev–Trinajstić information content (AvgIpc) is 3.79. The molecule has 1 aromatic carbocycles. The molecule has 0 fully saturated rings. The first-order chi connectivity index (χ1) is 23.7. The van der Waals surface area contributed by atoms with Crippen molar-refractivity contribution in [3.05, 3.63) is 81.1 Å². The minimum Gasteiger partial charge on any atom is -0.494 e. The van der Waals surface area contributed by atoms with Gasteiger partial charge in [0, 0.05) is 62.3 Å². The highest BCUT2D eigenvalue weighted by atomic mass is 32.1. The number of carbonyl (C=O) groups excluding carboxylic acids is 4. The van der Waals surface area contributed by atoms with Gasteiger partial charge < -0.3 is 29.7 Å². The fourth-order valence-corrected chi connectivity index (χ4v) is 6.91. The summed E-state index contributed by atoms with van der Waals surface area (Å²) in [4.78, 5) is 65.4.